The van der Waals surface area contributed by atoms with E-state index in [1.807, 2.05) is 43.3 Å². The monoisotopic (exact) mass is 370 g/mol. The summed E-state index contributed by atoms with van der Waals surface area (Å²) in [6.45, 7) is 3.25. The van der Waals surface area contributed by atoms with Crippen LogP contribution in [0.3, 0.4) is 0 Å². The lowest BCUT2D eigenvalue weighted by molar-refractivity contribution is -0.143. The number of likely N-dealkylation sites (tertiary alicyclic amines) is 1. The van der Waals surface area contributed by atoms with Crippen LogP contribution >= 0.6 is 0 Å². The molecule has 1 aromatic heterocycles. The minimum Gasteiger partial charge on any atom is -0.493 e. The van der Waals surface area contributed by atoms with Gasteiger partial charge in [-0.05, 0) is 44.5 Å². The number of methoxy groups -OCH3 is 2. The van der Waals surface area contributed by atoms with E-state index in [2.05, 4.69) is 4.90 Å². The van der Waals surface area contributed by atoms with Crippen molar-refractivity contribution in [2.75, 3.05) is 27.3 Å². The molecule has 0 aliphatic carbocycles. The van der Waals surface area contributed by atoms with Crippen LogP contribution in [-0.2, 0) is 4.79 Å². The van der Waals surface area contributed by atoms with Gasteiger partial charge in [0.15, 0.2) is 11.5 Å². The van der Waals surface area contributed by atoms with Crippen molar-refractivity contribution >= 4 is 5.97 Å². The van der Waals surface area contributed by atoms with Crippen molar-refractivity contribution in [3.8, 4) is 11.5 Å². The van der Waals surface area contributed by atoms with Crippen molar-refractivity contribution in [3.05, 3.63) is 53.3 Å². The first-order valence-corrected chi connectivity index (χ1v) is 9.16. The Morgan fingerprint density at radius 3 is 2.67 bits per heavy atom. The van der Waals surface area contributed by atoms with E-state index in [0.717, 1.165) is 29.9 Å². The van der Waals surface area contributed by atoms with Gasteiger partial charge in [-0.25, -0.2) is 0 Å². The fraction of sp³-hybridized carbons (Fsp3) is 0.429. The van der Waals surface area contributed by atoms with Crippen molar-refractivity contribution in [1.82, 2.24) is 9.88 Å². The second-order valence-corrected chi connectivity index (χ2v) is 6.86. The van der Waals surface area contributed by atoms with Crippen LogP contribution in [0.15, 0.2) is 36.4 Å². The number of aryl methyl sites for hydroxylation is 1. The molecule has 6 nitrogen and oxygen atoms in total. The summed E-state index contributed by atoms with van der Waals surface area (Å²) in [6, 6.07) is 11.5. The van der Waals surface area contributed by atoms with Crippen LogP contribution in [0.25, 0.3) is 0 Å². The molecule has 144 valence electrons. The average Bonchev–Trinajstić information content (AvgIpc) is 2.68. The highest BCUT2D eigenvalue weighted by molar-refractivity contribution is 5.70. The molecule has 1 saturated heterocycles. The van der Waals surface area contributed by atoms with Crippen LogP contribution in [-0.4, -0.2) is 48.3 Å². The molecule has 2 atom stereocenters. The van der Waals surface area contributed by atoms with Crippen LogP contribution in [0, 0.1) is 12.8 Å². The number of nitrogens with zero attached hydrogens (tertiary/aromatic N) is 2. The molecule has 2 unspecified atom stereocenters. The number of carbonyl (C=O) groups is 1. The highest BCUT2D eigenvalue weighted by atomic mass is 16.5. The zero-order valence-electron chi connectivity index (χ0n) is 16.0. The number of carboxylic acids is 1. The smallest absolute Gasteiger partial charge is 0.307 e. The Kier molecular flexibility index (Phi) is 5.96. The number of hydrogen-bond donors (Lipinski definition) is 1. The second kappa shape index (κ2) is 8.39. The van der Waals surface area contributed by atoms with Crippen LogP contribution in [0.2, 0.25) is 0 Å². The van der Waals surface area contributed by atoms with E-state index < -0.39 is 5.97 Å². The normalized spacial score (nSPS) is 18.7. The number of carboxylic acid groups (broad SMARTS) is 1. The molecule has 2 aromatic rings. The van der Waals surface area contributed by atoms with Gasteiger partial charge in [0.05, 0.1) is 31.9 Å². The quantitative estimate of drug-likeness (QED) is 0.841. The topological polar surface area (TPSA) is 71.9 Å². The van der Waals surface area contributed by atoms with E-state index in [1.54, 1.807) is 14.2 Å². The lowest BCUT2D eigenvalue weighted by atomic mass is 9.92. The van der Waals surface area contributed by atoms with Crippen LogP contribution < -0.4 is 9.47 Å². The summed E-state index contributed by atoms with van der Waals surface area (Å²) >= 11 is 0. The molecule has 1 aliphatic heterocycles. The van der Waals surface area contributed by atoms with E-state index >= 15 is 0 Å². The van der Waals surface area contributed by atoms with Gasteiger partial charge >= 0.3 is 5.97 Å². The van der Waals surface area contributed by atoms with Gasteiger partial charge < -0.3 is 14.6 Å². The van der Waals surface area contributed by atoms with Crippen LogP contribution in [0.4, 0.5) is 0 Å². The molecule has 1 fully saturated rings. The van der Waals surface area contributed by atoms with Crippen molar-refractivity contribution < 1.29 is 19.4 Å². The number of benzene rings is 1. The van der Waals surface area contributed by atoms with E-state index in [-0.39, 0.29) is 12.0 Å². The maximum Gasteiger partial charge on any atom is 0.307 e. The number of pyridine rings is 1. The number of hydrogen-bond acceptors (Lipinski definition) is 5. The van der Waals surface area contributed by atoms with E-state index in [1.165, 1.54) is 0 Å². The number of rotatable bonds is 6. The summed E-state index contributed by atoms with van der Waals surface area (Å²) < 4.78 is 11.1. The molecule has 0 saturated carbocycles. The highest BCUT2D eigenvalue weighted by Gasteiger charge is 2.34. The number of ether oxygens (including phenoxy) is 2. The van der Waals surface area contributed by atoms with E-state index in [9.17, 15) is 9.90 Å². The third-order valence-electron chi connectivity index (χ3n) is 5.09. The average molecular weight is 370 g/mol. The maximum atomic E-state index is 11.6. The Labute approximate surface area is 159 Å². The summed E-state index contributed by atoms with van der Waals surface area (Å²) in [5.74, 6) is 0.195. The molecule has 6 heteroatoms. The van der Waals surface area contributed by atoms with Crippen molar-refractivity contribution in [2.24, 2.45) is 5.92 Å². The molecule has 0 amide bonds. The van der Waals surface area contributed by atoms with Gasteiger partial charge in [0.25, 0.3) is 0 Å². The predicted octanol–water partition coefficient (Wildman–Crippen LogP) is 3.29. The van der Waals surface area contributed by atoms with Crippen molar-refractivity contribution in [2.45, 2.75) is 25.8 Å². The summed E-state index contributed by atoms with van der Waals surface area (Å²) in [6.07, 6.45) is 1.54. The summed E-state index contributed by atoms with van der Waals surface area (Å²) in [7, 11) is 3.24. The fourth-order valence-corrected chi connectivity index (χ4v) is 3.83. The molecule has 1 aromatic carbocycles. The van der Waals surface area contributed by atoms with Crippen molar-refractivity contribution in [3.63, 3.8) is 0 Å². The fourth-order valence-electron chi connectivity index (χ4n) is 3.83. The Balaban J connectivity index is 2.10. The minimum absolute atomic E-state index is 0.197. The van der Waals surface area contributed by atoms with E-state index in [0.29, 0.717) is 24.5 Å². The standard InChI is InChI=1S/C21H26N2O4/c1-14-7-4-10-17(22-14)19(23-12-6-8-15(13-23)21(24)25)16-9-5-11-18(26-2)20(16)27-3/h4-5,7,9-11,15,19H,6,8,12-13H2,1-3H3,(H,24,25). The van der Waals surface area contributed by atoms with Crippen molar-refractivity contribution in [1.29, 1.82) is 0 Å². The number of aromatic nitrogens is 1. The lowest BCUT2D eigenvalue weighted by Crippen LogP contribution is -2.41. The first kappa shape index (κ1) is 19.2. The lowest BCUT2D eigenvalue weighted by Gasteiger charge is -2.37. The minimum atomic E-state index is -0.742. The molecule has 0 radical (unpaired) electrons. The van der Waals surface area contributed by atoms with Gasteiger partial charge in [-0.2, -0.15) is 0 Å². The van der Waals surface area contributed by atoms with Gasteiger partial charge in [-0.1, -0.05) is 18.2 Å². The molecule has 2 heterocycles. The molecular weight excluding hydrogens is 344 g/mol. The largest absolute Gasteiger partial charge is 0.493 e. The molecule has 1 aliphatic rings. The van der Waals surface area contributed by atoms with Gasteiger partial charge in [0.2, 0.25) is 0 Å². The molecule has 1 N–H and O–H groups in total. The Hall–Kier alpha value is -2.60. The Morgan fingerprint density at radius 2 is 2.00 bits per heavy atom. The van der Waals surface area contributed by atoms with Gasteiger partial charge in [-0.3, -0.25) is 14.7 Å². The predicted molar refractivity (Wildman–Crippen MR) is 102 cm³/mol. The molecule has 3 rings (SSSR count). The first-order valence-electron chi connectivity index (χ1n) is 9.16. The maximum absolute atomic E-state index is 11.6. The van der Waals surface area contributed by atoms with Crippen LogP contribution in [0.1, 0.15) is 35.8 Å². The first-order chi connectivity index (χ1) is 13.0. The summed E-state index contributed by atoms with van der Waals surface area (Å²) in [4.78, 5) is 18.5. The Bertz CT molecular complexity index is 809. The van der Waals surface area contributed by atoms with Crippen LogP contribution in [0.5, 0.6) is 11.5 Å². The summed E-state index contributed by atoms with van der Waals surface area (Å²) in [5, 5.41) is 9.52. The third-order valence-corrected chi connectivity index (χ3v) is 5.09. The Morgan fingerprint density at radius 1 is 1.22 bits per heavy atom. The second-order valence-electron chi connectivity index (χ2n) is 6.86. The zero-order valence-corrected chi connectivity index (χ0v) is 16.0. The molecule has 0 spiro atoms. The SMILES string of the molecule is COc1cccc(C(c2cccc(C)n2)N2CCCC(C(=O)O)C2)c1OC. The third kappa shape index (κ3) is 4.06. The number of para-hydroxylation sites is 1. The van der Waals surface area contributed by atoms with Gasteiger partial charge in [0, 0.05) is 17.8 Å². The summed E-state index contributed by atoms with van der Waals surface area (Å²) in [5.41, 5.74) is 2.74. The number of piperidine rings is 1. The van der Waals surface area contributed by atoms with Gasteiger partial charge in [-0.15, -0.1) is 0 Å². The molecular formula is C21H26N2O4. The number of aliphatic carboxylic acids is 1. The molecule has 27 heavy (non-hydrogen) atoms. The highest BCUT2D eigenvalue weighted by Crippen LogP contribution is 2.40. The molecule has 0 bridgehead atoms. The van der Waals surface area contributed by atoms with E-state index in [4.69, 9.17) is 14.5 Å². The zero-order chi connectivity index (χ0) is 19.4. The van der Waals surface area contributed by atoms with Gasteiger partial charge in [0.1, 0.15) is 0 Å².